The molecule has 2 rings (SSSR count). The zero-order valence-electron chi connectivity index (χ0n) is 10.1. The van der Waals surface area contributed by atoms with E-state index in [4.69, 9.17) is 5.73 Å². The fraction of sp³-hybridized carbons (Fsp3) is 0.667. The Morgan fingerprint density at radius 3 is 2.56 bits per heavy atom. The molecule has 0 saturated carbocycles. The second kappa shape index (κ2) is 5.37. The molecule has 2 heterocycles. The number of piperazine rings is 1. The molecule has 0 aromatic rings. The molecule has 1 fully saturated rings. The molecule has 4 nitrogen and oxygen atoms in total. The van der Waals surface area contributed by atoms with Crippen LogP contribution in [-0.2, 0) is 0 Å². The molecule has 4 heteroatoms. The Kier molecular flexibility index (Phi) is 3.85. The molecule has 0 unspecified atom stereocenters. The lowest BCUT2D eigenvalue weighted by Gasteiger charge is -2.38. The van der Waals surface area contributed by atoms with Gasteiger partial charge in [0.2, 0.25) is 0 Å². The van der Waals surface area contributed by atoms with Crippen molar-refractivity contribution in [2.45, 2.75) is 6.92 Å². The van der Waals surface area contributed by atoms with Gasteiger partial charge < -0.3 is 16.0 Å². The van der Waals surface area contributed by atoms with Crippen molar-refractivity contribution < 1.29 is 0 Å². The molecule has 2 aliphatic heterocycles. The standard InChI is InChI=1S/C12H22N4/c1-11-2-3-12(10-14-11)16-8-6-15(5-4-13)7-9-16/h2-3,14H,4-10,13H2,1H3. The molecule has 3 N–H and O–H groups in total. The highest BCUT2D eigenvalue weighted by Crippen LogP contribution is 2.12. The molecule has 0 radical (unpaired) electrons. The normalized spacial score (nSPS) is 22.5. The first-order valence-electron chi connectivity index (χ1n) is 6.08. The average molecular weight is 222 g/mol. The Hall–Kier alpha value is -1.00. The first-order chi connectivity index (χ1) is 7.79. The second-order valence-corrected chi connectivity index (χ2v) is 4.48. The highest BCUT2D eigenvalue weighted by atomic mass is 15.3. The monoisotopic (exact) mass is 222 g/mol. The summed E-state index contributed by atoms with van der Waals surface area (Å²) in [6, 6.07) is 0. The smallest absolute Gasteiger partial charge is 0.0546 e. The van der Waals surface area contributed by atoms with Crippen molar-refractivity contribution in [2.75, 3.05) is 45.8 Å². The van der Waals surface area contributed by atoms with Gasteiger partial charge in [0.15, 0.2) is 0 Å². The van der Waals surface area contributed by atoms with Gasteiger partial charge in [-0.3, -0.25) is 4.90 Å². The zero-order chi connectivity index (χ0) is 11.4. The van der Waals surface area contributed by atoms with Gasteiger partial charge in [0.05, 0.1) is 6.54 Å². The summed E-state index contributed by atoms with van der Waals surface area (Å²) in [6.07, 6.45) is 4.40. The van der Waals surface area contributed by atoms with E-state index in [0.29, 0.717) is 0 Å². The van der Waals surface area contributed by atoms with Gasteiger partial charge >= 0.3 is 0 Å². The van der Waals surface area contributed by atoms with Gasteiger partial charge in [-0.15, -0.1) is 0 Å². The minimum absolute atomic E-state index is 0.770. The second-order valence-electron chi connectivity index (χ2n) is 4.48. The van der Waals surface area contributed by atoms with Gasteiger partial charge in [0, 0.05) is 50.7 Å². The molecule has 90 valence electrons. The predicted octanol–water partition coefficient (Wildman–Crippen LogP) is -0.0464. The molecule has 0 spiro atoms. The van der Waals surface area contributed by atoms with Gasteiger partial charge in [-0.25, -0.2) is 0 Å². The van der Waals surface area contributed by atoms with Crippen LogP contribution in [0.5, 0.6) is 0 Å². The molecular weight excluding hydrogens is 200 g/mol. The van der Waals surface area contributed by atoms with Crippen LogP contribution in [0, 0.1) is 0 Å². The van der Waals surface area contributed by atoms with Gasteiger partial charge in [-0.05, 0) is 19.1 Å². The number of rotatable bonds is 3. The lowest BCUT2D eigenvalue weighted by Crippen LogP contribution is -2.48. The molecule has 2 aliphatic rings. The van der Waals surface area contributed by atoms with E-state index in [1.165, 1.54) is 11.4 Å². The van der Waals surface area contributed by atoms with Crippen molar-refractivity contribution in [3.05, 3.63) is 23.5 Å². The highest BCUT2D eigenvalue weighted by molar-refractivity contribution is 5.22. The van der Waals surface area contributed by atoms with E-state index in [1.54, 1.807) is 0 Å². The lowest BCUT2D eigenvalue weighted by atomic mass is 10.2. The molecular formula is C12H22N4. The quantitative estimate of drug-likeness (QED) is 0.703. The van der Waals surface area contributed by atoms with Crippen LogP contribution < -0.4 is 11.1 Å². The molecule has 1 saturated heterocycles. The molecule has 0 aromatic carbocycles. The Labute approximate surface area is 97.8 Å². The van der Waals surface area contributed by atoms with E-state index in [2.05, 4.69) is 34.2 Å². The maximum absolute atomic E-state index is 5.57. The molecule has 0 aliphatic carbocycles. The Morgan fingerprint density at radius 1 is 1.25 bits per heavy atom. The summed E-state index contributed by atoms with van der Waals surface area (Å²) in [5.41, 5.74) is 8.24. The Balaban J connectivity index is 1.85. The maximum atomic E-state index is 5.57. The third-order valence-electron chi connectivity index (χ3n) is 3.30. The van der Waals surface area contributed by atoms with Crippen LogP contribution in [0.2, 0.25) is 0 Å². The van der Waals surface area contributed by atoms with Crippen LogP contribution in [-0.4, -0.2) is 55.6 Å². The number of hydrogen-bond donors (Lipinski definition) is 2. The van der Waals surface area contributed by atoms with E-state index < -0.39 is 0 Å². The third-order valence-corrected chi connectivity index (χ3v) is 3.30. The maximum Gasteiger partial charge on any atom is 0.0546 e. The molecule has 0 aromatic heterocycles. The first-order valence-corrected chi connectivity index (χ1v) is 6.08. The summed E-state index contributed by atoms with van der Waals surface area (Å²) in [4.78, 5) is 4.91. The largest absolute Gasteiger partial charge is 0.383 e. The van der Waals surface area contributed by atoms with Crippen molar-refractivity contribution in [1.29, 1.82) is 0 Å². The van der Waals surface area contributed by atoms with E-state index in [0.717, 1.165) is 45.8 Å². The van der Waals surface area contributed by atoms with Crippen LogP contribution in [0.15, 0.2) is 23.5 Å². The fourth-order valence-electron chi connectivity index (χ4n) is 2.23. The Bertz CT molecular complexity index is 287. The minimum Gasteiger partial charge on any atom is -0.383 e. The number of hydrogen-bond acceptors (Lipinski definition) is 4. The van der Waals surface area contributed by atoms with E-state index >= 15 is 0 Å². The van der Waals surface area contributed by atoms with Crippen molar-refractivity contribution in [1.82, 2.24) is 15.1 Å². The van der Waals surface area contributed by atoms with Crippen LogP contribution in [0.3, 0.4) is 0 Å². The molecule has 16 heavy (non-hydrogen) atoms. The van der Waals surface area contributed by atoms with Gasteiger partial charge in [-0.2, -0.15) is 0 Å². The summed E-state index contributed by atoms with van der Waals surface area (Å²) in [5, 5.41) is 3.38. The van der Waals surface area contributed by atoms with E-state index in [9.17, 15) is 0 Å². The summed E-state index contributed by atoms with van der Waals surface area (Å²) >= 11 is 0. The molecule has 0 bridgehead atoms. The van der Waals surface area contributed by atoms with Crippen molar-refractivity contribution in [3.8, 4) is 0 Å². The summed E-state index contributed by atoms with van der Waals surface area (Å²) in [6.45, 7) is 9.40. The summed E-state index contributed by atoms with van der Waals surface area (Å²) in [7, 11) is 0. The number of nitrogens with one attached hydrogen (secondary N) is 1. The number of nitrogens with zero attached hydrogens (tertiary/aromatic N) is 2. The van der Waals surface area contributed by atoms with Crippen molar-refractivity contribution in [3.63, 3.8) is 0 Å². The Morgan fingerprint density at radius 2 is 2.00 bits per heavy atom. The average Bonchev–Trinajstić information content (AvgIpc) is 2.32. The molecule has 0 amide bonds. The topological polar surface area (TPSA) is 44.5 Å². The van der Waals surface area contributed by atoms with Gasteiger partial charge in [-0.1, -0.05) is 0 Å². The predicted molar refractivity (Wildman–Crippen MR) is 66.9 cm³/mol. The van der Waals surface area contributed by atoms with E-state index in [-0.39, 0.29) is 0 Å². The molecule has 0 atom stereocenters. The van der Waals surface area contributed by atoms with Crippen LogP contribution in [0.4, 0.5) is 0 Å². The fourth-order valence-corrected chi connectivity index (χ4v) is 2.23. The number of dihydropyridines is 1. The van der Waals surface area contributed by atoms with E-state index in [1.807, 2.05) is 0 Å². The van der Waals surface area contributed by atoms with Crippen molar-refractivity contribution in [2.24, 2.45) is 5.73 Å². The first kappa shape index (κ1) is 11.5. The van der Waals surface area contributed by atoms with Crippen LogP contribution in [0.25, 0.3) is 0 Å². The number of nitrogens with two attached hydrogens (primary N) is 1. The zero-order valence-corrected chi connectivity index (χ0v) is 10.1. The van der Waals surface area contributed by atoms with Crippen LogP contribution >= 0.6 is 0 Å². The SMILES string of the molecule is CC1=CC=C(N2CCN(CCN)CC2)CN1. The van der Waals surface area contributed by atoms with Crippen LogP contribution in [0.1, 0.15) is 6.92 Å². The van der Waals surface area contributed by atoms with Gasteiger partial charge in [0.1, 0.15) is 0 Å². The highest BCUT2D eigenvalue weighted by Gasteiger charge is 2.18. The third kappa shape index (κ3) is 2.77. The summed E-state index contributed by atoms with van der Waals surface area (Å²) < 4.78 is 0. The number of allylic oxidation sites excluding steroid dienone is 3. The lowest BCUT2D eigenvalue weighted by molar-refractivity contribution is 0.160. The minimum atomic E-state index is 0.770. The van der Waals surface area contributed by atoms with Gasteiger partial charge in [0.25, 0.3) is 0 Å². The van der Waals surface area contributed by atoms with Crippen molar-refractivity contribution >= 4 is 0 Å². The summed E-state index contributed by atoms with van der Waals surface area (Å²) in [5.74, 6) is 0.